The molecule has 3 amide bonds. The van der Waals surface area contributed by atoms with Gasteiger partial charge in [0.05, 0.1) is 21.3 Å². The molecule has 0 aliphatic heterocycles. The molecular formula is C25H25N5O2S. The lowest BCUT2D eigenvalue weighted by atomic mass is 9.94. The zero-order valence-corrected chi connectivity index (χ0v) is 19.5. The summed E-state index contributed by atoms with van der Waals surface area (Å²) in [6, 6.07) is 18.7. The summed E-state index contributed by atoms with van der Waals surface area (Å²) in [4.78, 5) is 33.9. The molecule has 3 N–H and O–H groups in total. The molecule has 0 fully saturated rings. The molecule has 4 aromatic rings. The molecule has 0 spiro atoms. The molecule has 4 rings (SSSR count). The van der Waals surface area contributed by atoms with Crippen molar-refractivity contribution < 1.29 is 9.59 Å². The SMILES string of the molecule is CCNC(=O)Nc1ccc(-c2nc3cccc(C(=O)NC(C)(C)c4ccccc4)c3s2)cn1. The summed E-state index contributed by atoms with van der Waals surface area (Å²) < 4.78 is 0.818. The normalized spacial score (nSPS) is 11.2. The van der Waals surface area contributed by atoms with E-state index in [4.69, 9.17) is 4.98 Å². The predicted octanol–water partition coefficient (Wildman–Crippen LogP) is 5.16. The average molecular weight is 460 g/mol. The number of nitrogens with zero attached hydrogens (tertiary/aromatic N) is 2. The van der Waals surface area contributed by atoms with Crippen molar-refractivity contribution in [1.82, 2.24) is 20.6 Å². The third kappa shape index (κ3) is 5.01. The van der Waals surface area contributed by atoms with Crippen molar-refractivity contribution in [3.8, 4) is 10.6 Å². The van der Waals surface area contributed by atoms with Crippen molar-refractivity contribution >= 4 is 39.3 Å². The van der Waals surface area contributed by atoms with Crippen LogP contribution in [0.5, 0.6) is 0 Å². The van der Waals surface area contributed by atoms with E-state index in [0.717, 1.165) is 26.4 Å². The molecule has 33 heavy (non-hydrogen) atoms. The Morgan fingerprint density at radius 2 is 1.79 bits per heavy atom. The van der Waals surface area contributed by atoms with E-state index in [1.165, 1.54) is 11.3 Å². The van der Waals surface area contributed by atoms with Crippen molar-refractivity contribution in [3.63, 3.8) is 0 Å². The number of amides is 3. The van der Waals surface area contributed by atoms with Gasteiger partial charge in [-0.05, 0) is 50.6 Å². The number of carbonyl (C=O) groups is 2. The van der Waals surface area contributed by atoms with Gasteiger partial charge in [0.25, 0.3) is 5.91 Å². The van der Waals surface area contributed by atoms with Gasteiger partial charge in [0.15, 0.2) is 0 Å². The molecule has 168 valence electrons. The van der Waals surface area contributed by atoms with E-state index < -0.39 is 5.54 Å². The molecule has 0 aliphatic rings. The van der Waals surface area contributed by atoms with Crippen molar-refractivity contribution in [1.29, 1.82) is 0 Å². The Hall–Kier alpha value is -3.78. The summed E-state index contributed by atoms with van der Waals surface area (Å²) in [5.41, 5.74) is 2.66. The number of hydrogen-bond acceptors (Lipinski definition) is 5. The highest BCUT2D eigenvalue weighted by Gasteiger charge is 2.25. The number of urea groups is 1. The molecule has 8 heteroatoms. The van der Waals surface area contributed by atoms with Crippen molar-refractivity contribution in [2.75, 3.05) is 11.9 Å². The lowest BCUT2D eigenvalue weighted by molar-refractivity contribution is 0.0914. The fourth-order valence-electron chi connectivity index (χ4n) is 3.44. The smallest absolute Gasteiger partial charge is 0.320 e. The number of thiazole rings is 1. The van der Waals surface area contributed by atoms with E-state index in [1.54, 1.807) is 12.3 Å². The number of nitrogens with one attached hydrogen (secondary N) is 3. The van der Waals surface area contributed by atoms with Crippen LogP contribution in [0.2, 0.25) is 0 Å². The number of benzene rings is 2. The molecule has 2 heterocycles. The largest absolute Gasteiger partial charge is 0.343 e. The second-order valence-corrected chi connectivity index (χ2v) is 9.03. The number of carbonyl (C=O) groups excluding carboxylic acids is 2. The van der Waals surface area contributed by atoms with Gasteiger partial charge < -0.3 is 10.6 Å². The zero-order valence-electron chi connectivity index (χ0n) is 18.7. The summed E-state index contributed by atoms with van der Waals surface area (Å²) in [5.74, 6) is 0.304. The van der Waals surface area contributed by atoms with Gasteiger partial charge in [0.1, 0.15) is 10.8 Å². The maximum Gasteiger partial charge on any atom is 0.320 e. The predicted molar refractivity (Wildman–Crippen MR) is 132 cm³/mol. The topological polar surface area (TPSA) is 96.0 Å². The number of aromatic nitrogens is 2. The second-order valence-electron chi connectivity index (χ2n) is 8.03. The zero-order chi connectivity index (χ0) is 23.4. The molecule has 0 aliphatic carbocycles. The van der Waals surface area contributed by atoms with E-state index in [2.05, 4.69) is 20.9 Å². The van der Waals surface area contributed by atoms with Crippen LogP contribution in [0.1, 0.15) is 36.7 Å². The number of anilines is 1. The fourth-order valence-corrected chi connectivity index (χ4v) is 4.51. The van der Waals surface area contributed by atoms with Gasteiger partial charge in [-0.1, -0.05) is 36.4 Å². The summed E-state index contributed by atoms with van der Waals surface area (Å²) in [7, 11) is 0. The Labute approximate surface area is 196 Å². The van der Waals surface area contributed by atoms with Crippen LogP contribution in [0.15, 0.2) is 66.9 Å². The minimum atomic E-state index is -0.523. The third-order valence-electron chi connectivity index (χ3n) is 5.17. The quantitative estimate of drug-likeness (QED) is 0.371. The Balaban J connectivity index is 1.58. The summed E-state index contributed by atoms with van der Waals surface area (Å²) in [5, 5.41) is 9.24. The highest BCUT2D eigenvalue weighted by atomic mass is 32.1. The number of rotatable bonds is 6. The molecular weight excluding hydrogens is 434 g/mol. The van der Waals surface area contributed by atoms with Gasteiger partial charge >= 0.3 is 6.03 Å². The molecule has 0 bridgehead atoms. The van der Waals surface area contributed by atoms with Gasteiger partial charge in [-0.3, -0.25) is 10.1 Å². The van der Waals surface area contributed by atoms with Crippen LogP contribution < -0.4 is 16.0 Å². The Kier molecular flexibility index (Phi) is 6.37. The molecule has 2 aromatic heterocycles. The number of fused-ring (bicyclic) bond motifs is 1. The van der Waals surface area contributed by atoms with Crippen molar-refractivity contribution in [2.45, 2.75) is 26.3 Å². The van der Waals surface area contributed by atoms with Crippen LogP contribution >= 0.6 is 11.3 Å². The second kappa shape index (κ2) is 9.38. The summed E-state index contributed by atoms with van der Waals surface area (Å²) in [6.45, 7) is 6.36. The first-order valence-corrected chi connectivity index (χ1v) is 11.5. The molecule has 0 saturated carbocycles. The van der Waals surface area contributed by atoms with Gasteiger partial charge in [-0.2, -0.15) is 0 Å². The Morgan fingerprint density at radius 1 is 1.00 bits per heavy atom. The van der Waals surface area contributed by atoms with Crippen LogP contribution in [-0.4, -0.2) is 28.5 Å². The summed E-state index contributed by atoms with van der Waals surface area (Å²) >= 11 is 1.44. The van der Waals surface area contributed by atoms with Gasteiger partial charge in [0.2, 0.25) is 0 Å². The molecule has 0 atom stereocenters. The molecule has 2 aromatic carbocycles. The van der Waals surface area contributed by atoms with E-state index >= 15 is 0 Å². The first-order chi connectivity index (χ1) is 15.9. The van der Waals surface area contributed by atoms with Gasteiger partial charge in [0, 0.05) is 18.3 Å². The standard InChI is InChI=1S/C25H25N5O2S/c1-4-26-24(32)29-20-14-13-16(15-27-20)23-28-19-12-8-11-18(21(19)33-23)22(31)30-25(2,3)17-9-6-5-7-10-17/h5-15H,4H2,1-3H3,(H,30,31)(H2,26,27,29,32). The Bertz CT molecular complexity index is 1280. The maximum absolute atomic E-state index is 13.2. The van der Waals surface area contributed by atoms with E-state index in [-0.39, 0.29) is 11.9 Å². The van der Waals surface area contributed by atoms with Crippen molar-refractivity contribution in [3.05, 3.63) is 78.0 Å². The fraction of sp³-hybridized carbons (Fsp3) is 0.200. The molecule has 0 radical (unpaired) electrons. The molecule has 7 nitrogen and oxygen atoms in total. The van der Waals surface area contributed by atoms with Crippen LogP contribution in [0.3, 0.4) is 0 Å². The highest BCUT2D eigenvalue weighted by molar-refractivity contribution is 7.22. The lowest BCUT2D eigenvalue weighted by Crippen LogP contribution is -2.41. The molecule has 0 saturated heterocycles. The minimum absolute atomic E-state index is 0.149. The van der Waals surface area contributed by atoms with E-state index in [1.807, 2.05) is 75.4 Å². The lowest BCUT2D eigenvalue weighted by Gasteiger charge is -2.27. The minimum Gasteiger partial charge on any atom is -0.343 e. The number of pyridine rings is 1. The van der Waals surface area contributed by atoms with Crippen LogP contribution in [0.4, 0.5) is 10.6 Å². The molecule has 0 unspecified atom stereocenters. The van der Waals surface area contributed by atoms with Gasteiger partial charge in [-0.25, -0.2) is 14.8 Å². The van der Waals surface area contributed by atoms with Crippen LogP contribution in [0, 0.1) is 0 Å². The van der Waals surface area contributed by atoms with Gasteiger partial charge in [-0.15, -0.1) is 11.3 Å². The Morgan fingerprint density at radius 3 is 2.48 bits per heavy atom. The first-order valence-electron chi connectivity index (χ1n) is 10.7. The monoisotopic (exact) mass is 459 g/mol. The number of hydrogen-bond donors (Lipinski definition) is 3. The average Bonchev–Trinajstić information content (AvgIpc) is 3.24. The third-order valence-corrected chi connectivity index (χ3v) is 6.32. The van der Waals surface area contributed by atoms with E-state index in [0.29, 0.717) is 17.9 Å². The van der Waals surface area contributed by atoms with Crippen LogP contribution in [0.25, 0.3) is 20.8 Å². The highest BCUT2D eigenvalue weighted by Crippen LogP contribution is 2.33. The van der Waals surface area contributed by atoms with Crippen LogP contribution in [-0.2, 0) is 5.54 Å². The van der Waals surface area contributed by atoms with Crippen molar-refractivity contribution in [2.24, 2.45) is 0 Å². The summed E-state index contributed by atoms with van der Waals surface area (Å²) in [6.07, 6.45) is 1.66. The maximum atomic E-state index is 13.2. The van der Waals surface area contributed by atoms with E-state index in [9.17, 15) is 9.59 Å². The first kappa shape index (κ1) is 22.4.